The zero-order chi connectivity index (χ0) is 14.4. The van der Waals surface area contributed by atoms with E-state index in [9.17, 15) is 4.39 Å². The van der Waals surface area contributed by atoms with Crippen LogP contribution in [-0.4, -0.2) is 0 Å². The average molecular weight is 269 g/mol. The van der Waals surface area contributed by atoms with E-state index < -0.39 is 5.82 Å². The van der Waals surface area contributed by atoms with Crippen molar-refractivity contribution in [1.82, 2.24) is 0 Å². The van der Waals surface area contributed by atoms with Gasteiger partial charge in [0, 0.05) is 5.56 Å². The highest BCUT2D eigenvalue weighted by atomic mass is 19.1. The van der Waals surface area contributed by atoms with Crippen molar-refractivity contribution in [2.75, 3.05) is 0 Å². The molecule has 0 aliphatic rings. The third kappa shape index (κ3) is 3.36. The Hall–Kier alpha value is -2.34. The molecule has 0 fully saturated rings. The number of benzene rings is 2. The fourth-order valence-corrected chi connectivity index (χ4v) is 2.01. The van der Waals surface area contributed by atoms with Crippen molar-refractivity contribution in [1.29, 1.82) is 5.26 Å². The summed E-state index contributed by atoms with van der Waals surface area (Å²) in [4.78, 5) is 0. The molecule has 0 heterocycles. The molecule has 0 aliphatic carbocycles. The Balaban J connectivity index is 2.07. The molecule has 0 aromatic heterocycles. The lowest BCUT2D eigenvalue weighted by Crippen LogP contribution is -2.01. The van der Waals surface area contributed by atoms with Gasteiger partial charge in [0.25, 0.3) is 0 Å². The lowest BCUT2D eigenvalue weighted by Gasteiger charge is -2.09. The predicted octanol–water partition coefficient (Wildman–Crippen LogP) is 4.23. The lowest BCUT2D eigenvalue weighted by atomic mass is 10.1. The lowest BCUT2D eigenvalue weighted by molar-refractivity contribution is 0.299. The van der Waals surface area contributed by atoms with Crippen molar-refractivity contribution < 1.29 is 9.13 Å². The largest absolute Gasteiger partial charge is 0.489 e. The van der Waals surface area contributed by atoms with Crippen LogP contribution in [-0.2, 0) is 13.0 Å². The van der Waals surface area contributed by atoms with Gasteiger partial charge in [-0.15, -0.1) is 0 Å². The van der Waals surface area contributed by atoms with E-state index >= 15 is 0 Å². The quantitative estimate of drug-likeness (QED) is 0.813. The Morgan fingerprint density at radius 1 is 1.15 bits per heavy atom. The summed E-state index contributed by atoms with van der Waals surface area (Å²) < 4.78 is 19.2. The van der Waals surface area contributed by atoms with Crippen molar-refractivity contribution in [2.45, 2.75) is 26.4 Å². The molecule has 2 rings (SSSR count). The summed E-state index contributed by atoms with van der Waals surface area (Å²) in [5, 5.41) is 8.96. The Kier molecular flexibility index (Phi) is 4.73. The van der Waals surface area contributed by atoms with E-state index in [1.807, 2.05) is 30.3 Å². The Labute approximate surface area is 118 Å². The Morgan fingerprint density at radius 2 is 1.90 bits per heavy atom. The number of nitrogens with zero attached hydrogens (tertiary/aromatic N) is 1. The van der Waals surface area contributed by atoms with E-state index in [2.05, 4.69) is 6.92 Å². The minimum absolute atomic E-state index is 0.0582. The molecule has 102 valence electrons. The van der Waals surface area contributed by atoms with Gasteiger partial charge < -0.3 is 4.74 Å². The van der Waals surface area contributed by atoms with Crippen molar-refractivity contribution in [3.05, 3.63) is 65.0 Å². The maximum Gasteiger partial charge on any atom is 0.131 e. The number of hydrogen-bond acceptors (Lipinski definition) is 2. The van der Waals surface area contributed by atoms with Gasteiger partial charge in [-0.1, -0.05) is 31.5 Å². The molecular formula is C17H16FNO. The zero-order valence-corrected chi connectivity index (χ0v) is 11.4. The second kappa shape index (κ2) is 6.72. The standard InChI is InChI=1S/C17H16FNO/c1-2-4-13-7-9-15(10-8-13)20-12-16-14(11-19)5-3-6-17(16)18/h3,5-10H,2,4,12H2,1H3. The van der Waals surface area contributed by atoms with E-state index in [1.165, 1.54) is 17.7 Å². The number of aryl methyl sites for hydroxylation is 1. The Morgan fingerprint density at radius 3 is 2.55 bits per heavy atom. The second-order valence-corrected chi connectivity index (χ2v) is 4.56. The molecule has 3 heteroatoms. The van der Waals surface area contributed by atoms with Gasteiger partial charge >= 0.3 is 0 Å². The maximum absolute atomic E-state index is 13.7. The van der Waals surface area contributed by atoms with Crippen LogP contribution in [0.4, 0.5) is 4.39 Å². The van der Waals surface area contributed by atoms with E-state index in [-0.39, 0.29) is 6.61 Å². The van der Waals surface area contributed by atoms with Gasteiger partial charge in [-0.25, -0.2) is 4.39 Å². The molecule has 20 heavy (non-hydrogen) atoms. The first-order chi connectivity index (χ1) is 9.74. The molecule has 0 amide bonds. The fourth-order valence-electron chi connectivity index (χ4n) is 2.01. The molecule has 2 aromatic carbocycles. The highest BCUT2D eigenvalue weighted by Crippen LogP contribution is 2.18. The average Bonchev–Trinajstić information content (AvgIpc) is 2.47. The highest BCUT2D eigenvalue weighted by molar-refractivity contribution is 5.38. The van der Waals surface area contributed by atoms with Crippen LogP contribution >= 0.6 is 0 Å². The van der Waals surface area contributed by atoms with Crippen molar-refractivity contribution in [3.63, 3.8) is 0 Å². The van der Waals surface area contributed by atoms with Gasteiger partial charge in [0.15, 0.2) is 0 Å². The monoisotopic (exact) mass is 269 g/mol. The molecule has 0 bridgehead atoms. The minimum Gasteiger partial charge on any atom is -0.489 e. The molecule has 0 aliphatic heterocycles. The summed E-state index contributed by atoms with van der Waals surface area (Å²) >= 11 is 0. The smallest absolute Gasteiger partial charge is 0.131 e. The third-order valence-electron chi connectivity index (χ3n) is 3.08. The van der Waals surface area contributed by atoms with Crippen LogP contribution in [0.5, 0.6) is 5.75 Å². The van der Waals surface area contributed by atoms with Crippen LogP contribution < -0.4 is 4.74 Å². The molecule has 0 saturated heterocycles. The molecule has 0 N–H and O–H groups in total. The van der Waals surface area contributed by atoms with Gasteiger partial charge in [-0.2, -0.15) is 5.26 Å². The molecule has 2 nitrogen and oxygen atoms in total. The van der Waals surface area contributed by atoms with E-state index in [0.717, 1.165) is 12.8 Å². The van der Waals surface area contributed by atoms with Crippen LogP contribution in [0.1, 0.15) is 30.0 Å². The number of halogens is 1. The number of ether oxygens (including phenoxy) is 1. The van der Waals surface area contributed by atoms with E-state index in [4.69, 9.17) is 10.00 Å². The van der Waals surface area contributed by atoms with Gasteiger partial charge in [-0.05, 0) is 36.2 Å². The van der Waals surface area contributed by atoms with Crippen LogP contribution in [0.2, 0.25) is 0 Å². The summed E-state index contributed by atoms with van der Waals surface area (Å²) in [6, 6.07) is 14.2. The first kappa shape index (κ1) is 14.1. The number of nitriles is 1. The van der Waals surface area contributed by atoms with Gasteiger partial charge in [-0.3, -0.25) is 0 Å². The highest BCUT2D eigenvalue weighted by Gasteiger charge is 2.08. The molecule has 0 unspecified atom stereocenters. The first-order valence-corrected chi connectivity index (χ1v) is 6.63. The van der Waals surface area contributed by atoms with Crippen molar-refractivity contribution in [2.24, 2.45) is 0 Å². The molecule has 0 saturated carbocycles. The van der Waals surface area contributed by atoms with E-state index in [0.29, 0.717) is 16.9 Å². The summed E-state index contributed by atoms with van der Waals surface area (Å²) in [7, 11) is 0. The van der Waals surface area contributed by atoms with Crippen LogP contribution in [0.15, 0.2) is 42.5 Å². The molecular weight excluding hydrogens is 253 g/mol. The normalized spacial score (nSPS) is 10.1. The summed E-state index contributed by atoms with van der Waals surface area (Å²) in [6.07, 6.45) is 2.13. The predicted molar refractivity (Wildman–Crippen MR) is 75.9 cm³/mol. The molecule has 0 atom stereocenters. The van der Waals surface area contributed by atoms with E-state index in [1.54, 1.807) is 6.07 Å². The van der Waals surface area contributed by atoms with Crippen LogP contribution in [0.3, 0.4) is 0 Å². The van der Waals surface area contributed by atoms with Crippen LogP contribution in [0, 0.1) is 17.1 Å². The first-order valence-electron chi connectivity index (χ1n) is 6.63. The second-order valence-electron chi connectivity index (χ2n) is 4.56. The molecule has 0 radical (unpaired) electrons. The minimum atomic E-state index is -0.411. The fraction of sp³-hybridized carbons (Fsp3) is 0.235. The van der Waals surface area contributed by atoms with Crippen LogP contribution in [0.25, 0.3) is 0 Å². The summed E-state index contributed by atoms with van der Waals surface area (Å²) in [5.74, 6) is 0.267. The Bertz CT molecular complexity index is 614. The molecule has 2 aromatic rings. The van der Waals surface area contributed by atoms with Gasteiger partial charge in [0.2, 0.25) is 0 Å². The summed E-state index contributed by atoms with van der Waals surface area (Å²) in [6.45, 7) is 2.19. The maximum atomic E-state index is 13.7. The van der Waals surface area contributed by atoms with Crippen molar-refractivity contribution in [3.8, 4) is 11.8 Å². The number of hydrogen-bond donors (Lipinski definition) is 0. The van der Waals surface area contributed by atoms with Crippen molar-refractivity contribution >= 4 is 0 Å². The summed E-state index contributed by atoms with van der Waals surface area (Å²) in [5.41, 5.74) is 1.86. The van der Waals surface area contributed by atoms with Gasteiger partial charge in [0.1, 0.15) is 18.2 Å². The van der Waals surface area contributed by atoms with Gasteiger partial charge in [0.05, 0.1) is 11.6 Å². The number of rotatable bonds is 5. The topological polar surface area (TPSA) is 33.0 Å². The third-order valence-corrected chi connectivity index (χ3v) is 3.08. The zero-order valence-electron chi connectivity index (χ0n) is 11.4. The SMILES string of the molecule is CCCc1ccc(OCc2c(F)cccc2C#N)cc1. The molecule has 0 spiro atoms.